The number of aliphatic hydroxyl groups is 1. The summed E-state index contributed by atoms with van der Waals surface area (Å²) in [5, 5.41) is 15.3. The first kappa shape index (κ1) is 13.9. The maximum atomic E-state index is 8.55. The monoisotopic (exact) mass is 202 g/mol. The summed E-state index contributed by atoms with van der Waals surface area (Å²) < 4.78 is 0. The van der Waals surface area contributed by atoms with Crippen LogP contribution in [0.4, 0.5) is 0 Å². The van der Waals surface area contributed by atoms with Gasteiger partial charge in [-0.15, -0.1) is 0 Å². The van der Waals surface area contributed by atoms with Crippen molar-refractivity contribution in [2.45, 2.75) is 33.1 Å². The van der Waals surface area contributed by atoms with E-state index in [0.717, 1.165) is 44.9 Å². The summed E-state index contributed by atoms with van der Waals surface area (Å²) in [4.78, 5) is 0. The molecule has 0 aliphatic heterocycles. The van der Waals surface area contributed by atoms with Crippen LogP contribution in [-0.4, -0.2) is 37.9 Å². The SMILES string of the molecule is CC(C)CNCCCNCCCCO. The zero-order valence-electron chi connectivity index (χ0n) is 9.68. The topological polar surface area (TPSA) is 44.3 Å². The Morgan fingerprint density at radius 2 is 1.57 bits per heavy atom. The lowest BCUT2D eigenvalue weighted by atomic mass is 10.2. The van der Waals surface area contributed by atoms with Crippen LogP contribution in [0.1, 0.15) is 33.1 Å². The van der Waals surface area contributed by atoms with Gasteiger partial charge in [0.05, 0.1) is 0 Å². The predicted octanol–water partition coefficient (Wildman–Crippen LogP) is 0.984. The molecule has 3 nitrogen and oxygen atoms in total. The molecule has 86 valence electrons. The van der Waals surface area contributed by atoms with Crippen LogP contribution < -0.4 is 10.6 Å². The molecule has 0 heterocycles. The Kier molecular flexibility index (Phi) is 10.9. The maximum absolute atomic E-state index is 8.55. The van der Waals surface area contributed by atoms with Crippen molar-refractivity contribution in [3.8, 4) is 0 Å². The molecule has 0 aromatic heterocycles. The molecule has 14 heavy (non-hydrogen) atoms. The molecule has 0 amide bonds. The normalized spacial score (nSPS) is 11.1. The van der Waals surface area contributed by atoms with Gasteiger partial charge in [-0.1, -0.05) is 13.8 Å². The zero-order chi connectivity index (χ0) is 10.6. The van der Waals surface area contributed by atoms with Gasteiger partial charge in [-0.3, -0.25) is 0 Å². The highest BCUT2D eigenvalue weighted by molar-refractivity contribution is 4.54. The number of rotatable bonds is 10. The fourth-order valence-electron chi connectivity index (χ4n) is 1.22. The zero-order valence-corrected chi connectivity index (χ0v) is 9.68. The van der Waals surface area contributed by atoms with E-state index in [1.807, 2.05) is 0 Å². The van der Waals surface area contributed by atoms with Crippen molar-refractivity contribution in [1.29, 1.82) is 0 Å². The van der Waals surface area contributed by atoms with E-state index in [9.17, 15) is 0 Å². The Labute approximate surface area is 88.3 Å². The van der Waals surface area contributed by atoms with Crippen molar-refractivity contribution in [2.24, 2.45) is 5.92 Å². The second-order valence-corrected chi connectivity index (χ2v) is 4.13. The van der Waals surface area contributed by atoms with Crippen LogP contribution in [0.15, 0.2) is 0 Å². The van der Waals surface area contributed by atoms with Crippen molar-refractivity contribution in [3.63, 3.8) is 0 Å². The summed E-state index contributed by atoms with van der Waals surface area (Å²) in [7, 11) is 0. The van der Waals surface area contributed by atoms with Crippen molar-refractivity contribution in [3.05, 3.63) is 0 Å². The highest BCUT2D eigenvalue weighted by atomic mass is 16.2. The van der Waals surface area contributed by atoms with Gasteiger partial charge < -0.3 is 15.7 Å². The first-order valence-corrected chi connectivity index (χ1v) is 5.79. The molecule has 0 unspecified atom stereocenters. The summed E-state index contributed by atoms with van der Waals surface area (Å²) in [6.07, 6.45) is 3.18. The lowest BCUT2D eigenvalue weighted by Crippen LogP contribution is -2.25. The molecule has 0 rings (SSSR count). The van der Waals surface area contributed by atoms with Crippen LogP contribution in [0.3, 0.4) is 0 Å². The lowest BCUT2D eigenvalue weighted by Gasteiger charge is -2.07. The van der Waals surface area contributed by atoms with E-state index in [1.165, 1.54) is 6.42 Å². The third kappa shape index (κ3) is 11.9. The minimum atomic E-state index is 0.317. The highest BCUT2D eigenvalue weighted by Crippen LogP contribution is 1.87. The third-order valence-electron chi connectivity index (χ3n) is 2.02. The molecule has 0 radical (unpaired) electrons. The van der Waals surface area contributed by atoms with Crippen molar-refractivity contribution in [2.75, 3.05) is 32.8 Å². The van der Waals surface area contributed by atoms with Gasteiger partial charge in [0, 0.05) is 6.61 Å². The molecule has 0 bridgehead atoms. The van der Waals surface area contributed by atoms with Crippen LogP contribution in [0.2, 0.25) is 0 Å². The highest BCUT2D eigenvalue weighted by Gasteiger charge is 1.92. The number of hydrogen-bond acceptors (Lipinski definition) is 3. The largest absolute Gasteiger partial charge is 0.396 e. The molecule has 0 fully saturated rings. The fraction of sp³-hybridized carbons (Fsp3) is 1.00. The molecular weight excluding hydrogens is 176 g/mol. The van der Waals surface area contributed by atoms with E-state index in [4.69, 9.17) is 5.11 Å². The van der Waals surface area contributed by atoms with Gasteiger partial charge in [-0.05, 0) is 51.4 Å². The van der Waals surface area contributed by atoms with Crippen LogP contribution in [0.25, 0.3) is 0 Å². The van der Waals surface area contributed by atoms with Crippen molar-refractivity contribution in [1.82, 2.24) is 10.6 Å². The average Bonchev–Trinajstić information content (AvgIpc) is 2.15. The van der Waals surface area contributed by atoms with Gasteiger partial charge in [-0.25, -0.2) is 0 Å². The average molecular weight is 202 g/mol. The summed E-state index contributed by atoms with van der Waals surface area (Å²) in [6, 6.07) is 0. The van der Waals surface area contributed by atoms with E-state index < -0.39 is 0 Å². The van der Waals surface area contributed by atoms with E-state index in [-0.39, 0.29) is 0 Å². The summed E-state index contributed by atoms with van der Waals surface area (Å²) >= 11 is 0. The smallest absolute Gasteiger partial charge is 0.0431 e. The van der Waals surface area contributed by atoms with Gasteiger partial charge in [0.25, 0.3) is 0 Å². The lowest BCUT2D eigenvalue weighted by molar-refractivity contribution is 0.283. The van der Waals surface area contributed by atoms with E-state index in [2.05, 4.69) is 24.5 Å². The third-order valence-corrected chi connectivity index (χ3v) is 2.02. The fourth-order valence-corrected chi connectivity index (χ4v) is 1.22. The molecule has 0 aromatic rings. The quantitative estimate of drug-likeness (QED) is 0.463. The number of aliphatic hydroxyl groups excluding tert-OH is 1. The second kappa shape index (κ2) is 11.0. The minimum Gasteiger partial charge on any atom is -0.396 e. The number of unbranched alkanes of at least 4 members (excludes halogenated alkanes) is 1. The molecule has 3 heteroatoms. The minimum absolute atomic E-state index is 0.317. The number of hydrogen-bond donors (Lipinski definition) is 3. The predicted molar refractivity (Wildman–Crippen MR) is 61.5 cm³/mol. The Balaban J connectivity index is 2.85. The molecule has 0 saturated carbocycles. The summed E-state index contributed by atoms with van der Waals surface area (Å²) in [5.41, 5.74) is 0. The Hall–Kier alpha value is -0.120. The summed E-state index contributed by atoms with van der Waals surface area (Å²) in [6.45, 7) is 9.09. The molecule has 3 N–H and O–H groups in total. The molecule has 0 aliphatic carbocycles. The Morgan fingerprint density at radius 3 is 2.21 bits per heavy atom. The standard InChI is InChI=1S/C11H26N2O/c1-11(2)10-13-8-5-7-12-6-3-4-9-14/h11-14H,3-10H2,1-2H3. The summed E-state index contributed by atoms with van der Waals surface area (Å²) in [5.74, 6) is 0.743. The first-order chi connectivity index (χ1) is 6.77. The van der Waals surface area contributed by atoms with Gasteiger partial charge in [0.15, 0.2) is 0 Å². The second-order valence-electron chi connectivity index (χ2n) is 4.13. The first-order valence-electron chi connectivity index (χ1n) is 5.79. The van der Waals surface area contributed by atoms with E-state index in [1.54, 1.807) is 0 Å². The molecular formula is C11H26N2O. The van der Waals surface area contributed by atoms with Crippen LogP contribution in [0.5, 0.6) is 0 Å². The molecule has 0 spiro atoms. The van der Waals surface area contributed by atoms with E-state index in [0.29, 0.717) is 6.61 Å². The van der Waals surface area contributed by atoms with Crippen LogP contribution in [-0.2, 0) is 0 Å². The molecule has 0 saturated heterocycles. The van der Waals surface area contributed by atoms with Crippen molar-refractivity contribution >= 4 is 0 Å². The van der Waals surface area contributed by atoms with E-state index >= 15 is 0 Å². The molecule has 0 aliphatic rings. The molecule has 0 atom stereocenters. The van der Waals surface area contributed by atoms with Gasteiger partial charge in [-0.2, -0.15) is 0 Å². The Bertz CT molecular complexity index is 107. The van der Waals surface area contributed by atoms with Crippen molar-refractivity contribution < 1.29 is 5.11 Å². The Morgan fingerprint density at radius 1 is 0.929 bits per heavy atom. The molecule has 0 aromatic carbocycles. The van der Waals surface area contributed by atoms with Crippen LogP contribution in [0, 0.1) is 5.92 Å². The van der Waals surface area contributed by atoms with Gasteiger partial charge >= 0.3 is 0 Å². The van der Waals surface area contributed by atoms with Crippen LogP contribution >= 0.6 is 0 Å². The number of nitrogens with one attached hydrogen (secondary N) is 2. The van der Waals surface area contributed by atoms with Gasteiger partial charge in [0.1, 0.15) is 0 Å². The maximum Gasteiger partial charge on any atom is 0.0431 e. The van der Waals surface area contributed by atoms with Gasteiger partial charge in [0.2, 0.25) is 0 Å².